The van der Waals surface area contributed by atoms with Gasteiger partial charge >= 0.3 is 0 Å². The lowest BCUT2D eigenvalue weighted by molar-refractivity contribution is -0.126. The first-order valence-corrected chi connectivity index (χ1v) is 11.9. The van der Waals surface area contributed by atoms with Gasteiger partial charge in [-0.3, -0.25) is 4.79 Å². The molecule has 1 fully saturated rings. The molecule has 0 aliphatic carbocycles. The van der Waals surface area contributed by atoms with Crippen molar-refractivity contribution in [3.05, 3.63) is 58.6 Å². The molecule has 1 heterocycles. The molecule has 0 aromatic heterocycles. The molecule has 0 atom stereocenters. The van der Waals surface area contributed by atoms with Crippen molar-refractivity contribution in [3.8, 4) is 5.75 Å². The largest absolute Gasteiger partial charge is 0.492 e. The molecule has 1 N–H and O–H groups in total. The van der Waals surface area contributed by atoms with Crippen molar-refractivity contribution >= 4 is 27.5 Å². The van der Waals surface area contributed by atoms with Gasteiger partial charge < -0.3 is 10.1 Å². The molecular formula is C22H27ClN2O4S. The second-order valence-electron chi connectivity index (χ2n) is 7.41. The van der Waals surface area contributed by atoms with Gasteiger partial charge in [-0.05, 0) is 50.5 Å². The summed E-state index contributed by atoms with van der Waals surface area (Å²) in [6.07, 6.45) is 0.979. The van der Waals surface area contributed by atoms with Crippen LogP contribution in [0.4, 0.5) is 0 Å². The van der Waals surface area contributed by atoms with Gasteiger partial charge in [0.2, 0.25) is 15.9 Å². The number of rotatable bonds is 7. The minimum Gasteiger partial charge on any atom is -0.492 e. The Morgan fingerprint density at radius 3 is 2.57 bits per heavy atom. The van der Waals surface area contributed by atoms with Crippen LogP contribution in [0.5, 0.6) is 5.75 Å². The predicted octanol–water partition coefficient (Wildman–Crippen LogP) is 3.76. The smallest absolute Gasteiger partial charge is 0.243 e. The van der Waals surface area contributed by atoms with Crippen LogP contribution in [0.3, 0.4) is 0 Å². The zero-order valence-corrected chi connectivity index (χ0v) is 18.8. The van der Waals surface area contributed by atoms with Crippen LogP contribution < -0.4 is 10.1 Å². The van der Waals surface area contributed by atoms with Gasteiger partial charge in [-0.15, -0.1) is 0 Å². The molecule has 0 spiro atoms. The molecule has 1 aliphatic heterocycles. The van der Waals surface area contributed by atoms with E-state index in [0.29, 0.717) is 44.8 Å². The van der Waals surface area contributed by atoms with Crippen LogP contribution in [0, 0.1) is 12.8 Å². The van der Waals surface area contributed by atoms with E-state index in [1.165, 1.54) is 16.4 Å². The van der Waals surface area contributed by atoms with E-state index < -0.39 is 10.0 Å². The number of piperidine rings is 1. The minimum absolute atomic E-state index is 0.0299. The number of carbonyl (C=O) groups is 1. The third-order valence-corrected chi connectivity index (χ3v) is 7.40. The van der Waals surface area contributed by atoms with Gasteiger partial charge in [0, 0.05) is 25.6 Å². The van der Waals surface area contributed by atoms with Gasteiger partial charge in [0.1, 0.15) is 5.75 Å². The van der Waals surface area contributed by atoms with Crippen LogP contribution in [-0.2, 0) is 21.4 Å². The number of ether oxygens (including phenoxy) is 1. The highest BCUT2D eigenvalue weighted by Crippen LogP contribution is 2.30. The molecule has 2 aromatic carbocycles. The molecule has 0 saturated carbocycles. The molecular weight excluding hydrogens is 424 g/mol. The number of aryl methyl sites for hydroxylation is 1. The van der Waals surface area contributed by atoms with Gasteiger partial charge in [-0.1, -0.05) is 41.4 Å². The number of nitrogens with one attached hydrogen (secondary N) is 1. The fourth-order valence-corrected chi connectivity index (χ4v) is 5.37. The number of sulfonamides is 1. The average Bonchev–Trinajstić information content (AvgIpc) is 2.73. The van der Waals surface area contributed by atoms with E-state index in [-0.39, 0.29) is 21.7 Å². The van der Waals surface area contributed by atoms with Crippen LogP contribution >= 0.6 is 11.6 Å². The predicted molar refractivity (Wildman–Crippen MR) is 117 cm³/mol. The van der Waals surface area contributed by atoms with Gasteiger partial charge in [0.05, 0.1) is 16.5 Å². The third-order valence-electron chi connectivity index (χ3n) is 5.21. The van der Waals surface area contributed by atoms with Crippen LogP contribution in [-0.4, -0.2) is 38.3 Å². The van der Waals surface area contributed by atoms with Gasteiger partial charge in [-0.2, -0.15) is 4.31 Å². The maximum Gasteiger partial charge on any atom is 0.243 e. The standard InChI is InChI=1S/C22H27ClN2O4S/c1-3-29-21-8-7-19(14-20(21)23)30(27,28)25-11-9-18(10-12-25)22(26)24-15-17-6-4-5-16(2)13-17/h4-8,13-14,18H,3,9-12,15H2,1-2H3,(H,24,26). The average molecular weight is 451 g/mol. The highest BCUT2D eigenvalue weighted by molar-refractivity contribution is 7.89. The summed E-state index contributed by atoms with van der Waals surface area (Å²) in [6.45, 7) is 5.38. The molecule has 3 rings (SSSR count). The van der Waals surface area contributed by atoms with Crippen LogP contribution in [0.1, 0.15) is 30.9 Å². The molecule has 1 saturated heterocycles. The summed E-state index contributed by atoms with van der Waals surface area (Å²) in [6, 6.07) is 12.5. The zero-order valence-electron chi connectivity index (χ0n) is 17.2. The monoisotopic (exact) mass is 450 g/mol. The quantitative estimate of drug-likeness (QED) is 0.696. The van der Waals surface area contributed by atoms with E-state index in [9.17, 15) is 13.2 Å². The van der Waals surface area contributed by atoms with E-state index >= 15 is 0 Å². The number of hydrogen-bond acceptors (Lipinski definition) is 4. The van der Waals surface area contributed by atoms with Crippen LogP contribution in [0.15, 0.2) is 47.4 Å². The first-order chi connectivity index (χ1) is 14.3. The molecule has 0 radical (unpaired) electrons. The third kappa shape index (κ3) is 5.33. The van der Waals surface area contributed by atoms with Crippen molar-refractivity contribution in [1.82, 2.24) is 9.62 Å². The number of nitrogens with zero attached hydrogens (tertiary/aromatic N) is 1. The Morgan fingerprint density at radius 2 is 1.93 bits per heavy atom. The summed E-state index contributed by atoms with van der Waals surface area (Å²) < 4.78 is 32.7. The lowest BCUT2D eigenvalue weighted by Crippen LogP contribution is -2.42. The molecule has 2 aromatic rings. The maximum atomic E-state index is 13.0. The van der Waals surface area contributed by atoms with E-state index in [4.69, 9.17) is 16.3 Å². The SMILES string of the molecule is CCOc1ccc(S(=O)(=O)N2CCC(C(=O)NCc3cccc(C)c3)CC2)cc1Cl. The Hall–Kier alpha value is -2.09. The first kappa shape index (κ1) is 22.6. The number of hydrogen-bond donors (Lipinski definition) is 1. The van der Waals surface area contributed by atoms with Crippen molar-refractivity contribution in [2.45, 2.75) is 38.1 Å². The molecule has 1 aliphatic rings. The Kier molecular flexibility index (Phi) is 7.39. The molecule has 0 bridgehead atoms. The summed E-state index contributed by atoms with van der Waals surface area (Å²) in [7, 11) is -3.66. The lowest BCUT2D eigenvalue weighted by atomic mass is 9.97. The van der Waals surface area contributed by atoms with Gasteiger partial charge in [-0.25, -0.2) is 8.42 Å². The van der Waals surface area contributed by atoms with Crippen molar-refractivity contribution in [2.75, 3.05) is 19.7 Å². The molecule has 1 amide bonds. The van der Waals surface area contributed by atoms with Gasteiger partial charge in [0.25, 0.3) is 0 Å². The zero-order chi connectivity index (χ0) is 21.7. The Morgan fingerprint density at radius 1 is 1.20 bits per heavy atom. The fraction of sp³-hybridized carbons (Fsp3) is 0.409. The number of amides is 1. The highest BCUT2D eigenvalue weighted by Gasteiger charge is 2.32. The van der Waals surface area contributed by atoms with Crippen molar-refractivity contribution in [1.29, 1.82) is 0 Å². The summed E-state index contributed by atoms with van der Waals surface area (Å²) in [5, 5.41) is 3.24. The normalized spacial score (nSPS) is 15.7. The van der Waals surface area contributed by atoms with E-state index in [1.807, 2.05) is 38.1 Å². The molecule has 8 heteroatoms. The molecule has 162 valence electrons. The summed E-state index contributed by atoms with van der Waals surface area (Å²) >= 11 is 6.15. The topological polar surface area (TPSA) is 75.7 Å². The molecule has 6 nitrogen and oxygen atoms in total. The summed E-state index contributed by atoms with van der Waals surface area (Å²) in [4.78, 5) is 12.7. The second kappa shape index (κ2) is 9.81. The molecule has 30 heavy (non-hydrogen) atoms. The van der Waals surface area contributed by atoms with Crippen LogP contribution in [0.2, 0.25) is 5.02 Å². The molecule has 0 unspecified atom stereocenters. The second-order valence-corrected chi connectivity index (χ2v) is 9.76. The fourth-order valence-electron chi connectivity index (χ4n) is 3.58. The van der Waals surface area contributed by atoms with E-state index in [1.54, 1.807) is 6.07 Å². The summed E-state index contributed by atoms with van der Waals surface area (Å²) in [5.41, 5.74) is 2.20. The van der Waals surface area contributed by atoms with E-state index in [2.05, 4.69) is 5.32 Å². The van der Waals surface area contributed by atoms with E-state index in [0.717, 1.165) is 11.1 Å². The Labute approximate surface area is 183 Å². The van der Waals surface area contributed by atoms with Crippen molar-refractivity contribution in [2.24, 2.45) is 5.92 Å². The first-order valence-electron chi connectivity index (χ1n) is 10.1. The van der Waals surface area contributed by atoms with Crippen molar-refractivity contribution in [3.63, 3.8) is 0 Å². The van der Waals surface area contributed by atoms with Crippen molar-refractivity contribution < 1.29 is 17.9 Å². The minimum atomic E-state index is -3.66. The Balaban J connectivity index is 1.57. The lowest BCUT2D eigenvalue weighted by Gasteiger charge is -2.30. The maximum absolute atomic E-state index is 13.0. The van der Waals surface area contributed by atoms with Gasteiger partial charge in [0.15, 0.2) is 0 Å². The number of halogens is 1. The van der Waals surface area contributed by atoms with Crippen LogP contribution in [0.25, 0.3) is 0 Å². The summed E-state index contributed by atoms with van der Waals surface area (Å²) in [5.74, 6) is 0.241. The number of benzene rings is 2. The number of carbonyl (C=O) groups excluding carboxylic acids is 1. The highest BCUT2D eigenvalue weighted by atomic mass is 35.5. The Bertz CT molecular complexity index is 1000.